The van der Waals surface area contributed by atoms with Gasteiger partial charge in [0.15, 0.2) is 5.69 Å². The van der Waals surface area contributed by atoms with Crippen molar-refractivity contribution >= 4 is 15.9 Å². The van der Waals surface area contributed by atoms with Crippen LogP contribution in [0, 0.1) is 18.3 Å². The SMILES string of the molecule is COc1ccc(-c2cc(-c3ccc(Br)cc3)[n+](C)c(C)c2C#N)cc1. The minimum atomic E-state index is 0.688. The Morgan fingerprint density at radius 2 is 1.60 bits per heavy atom. The Labute approximate surface area is 156 Å². The molecule has 0 saturated heterocycles. The van der Waals surface area contributed by atoms with Crippen LogP contribution < -0.4 is 9.30 Å². The molecule has 0 atom stereocenters. The number of ether oxygens (including phenoxy) is 1. The van der Waals surface area contributed by atoms with Gasteiger partial charge in [0.05, 0.1) is 7.11 Å². The number of benzene rings is 2. The summed E-state index contributed by atoms with van der Waals surface area (Å²) in [6.45, 7) is 1.98. The van der Waals surface area contributed by atoms with Gasteiger partial charge in [-0.2, -0.15) is 9.83 Å². The molecular formula is C21H18BrN2O+. The molecule has 0 radical (unpaired) electrons. The van der Waals surface area contributed by atoms with Gasteiger partial charge in [-0.05, 0) is 42.0 Å². The minimum Gasteiger partial charge on any atom is -0.497 e. The fraction of sp³-hybridized carbons (Fsp3) is 0.143. The fourth-order valence-electron chi connectivity index (χ4n) is 2.89. The molecule has 0 amide bonds. The number of hydrogen-bond donors (Lipinski definition) is 0. The Bertz CT molecular complexity index is 955. The molecule has 25 heavy (non-hydrogen) atoms. The topological polar surface area (TPSA) is 36.9 Å². The average Bonchev–Trinajstić information content (AvgIpc) is 2.65. The van der Waals surface area contributed by atoms with Crippen LogP contribution in [0.5, 0.6) is 5.75 Å². The van der Waals surface area contributed by atoms with Gasteiger partial charge in [-0.3, -0.25) is 0 Å². The van der Waals surface area contributed by atoms with E-state index in [1.165, 1.54) is 0 Å². The molecule has 0 aliphatic rings. The number of hydrogen-bond acceptors (Lipinski definition) is 2. The summed E-state index contributed by atoms with van der Waals surface area (Å²) >= 11 is 3.48. The van der Waals surface area contributed by atoms with Gasteiger partial charge in [0, 0.05) is 28.6 Å². The molecule has 0 fully saturated rings. The number of nitriles is 1. The second-order valence-electron chi connectivity index (χ2n) is 5.81. The van der Waals surface area contributed by atoms with Crippen LogP contribution in [0.2, 0.25) is 0 Å². The number of pyridine rings is 1. The zero-order chi connectivity index (χ0) is 18.0. The van der Waals surface area contributed by atoms with Crippen molar-refractivity contribution in [2.24, 2.45) is 7.05 Å². The molecule has 0 aliphatic heterocycles. The first-order valence-electron chi connectivity index (χ1n) is 7.89. The minimum absolute atomic E-state index is 0.688. The molecule has 0 spiro atoms. The van der Waals surface area contributed by atoms with E-state index in [1.807, 2.05) is 50.4 Å². The van der Waals surface area contributed by atoms with Gasteiger partial charge in [-0.15, -0.1) is 0 Å². The summed E-state index contributed by atoms with van der Waals surface area (Å²) in [4.78, 5) is 0. The highest BCUT2D eigenvalue weighted by molar-refractivity contribution is 9.10. The van der Waals surface area contributed by atoms with Gasteiger partial charge in [-0.1, -0.05) is 28.1 Å². The van der Waals surface area contributed by atoms with Crippen LogP contribution in [0.4, 0.5) is 0 Å². The van der Waals surface area contributed by atoms with E-state index in [-0.39, 0.29) is 0 Å². The molecule has 0 aliphatic carbocycles. The van der Waals surface area contributed by atoms with E-state index >= 15 is 0 Å². The second kappa shape index (κ2) is 7.08. The Hall–Kier alpha value is -2.64. The molecule has 1 heterocycles. The molecule has 3 aromatic rings. The predicted octanol–water partition coefficient (Wildman–Crippen LogP) is 4.80. The van der Waals surface area contributed by atoms with Crippen LogP contribution in [0.15, 0.2) is 59.1 Å². The molecule has 2 aromatic carbocycles. The van der Waals surface area contributed by atoms with Gasteiger partial charge >= 0.3 is 0 Å². The third-order valence-corrected chi connectivity index (χ3v) is 4.96. The Kier molecular flexibility index (Phi) is 4.87. The van der Waals surface area contributed by atoms with Crippen LogP contribution in [-0.4, -0.2) is 7.11 Å². The number of rotatable bonds is 3. The highest BCUT2D eigenvalue weighted by Crippen LogP contribution is 2.30. The number of nitrogens with zero attached hydrogens (tertiary/aromatic N) is 2. The highest BCUT2D eigenvalue weighted by atomic mass is 79.9. The standard InChI is InChI=1S/C21H18BrN2O/c1-14-20(13-23)19(15-6-10-18(25-3)11-7-15)12-21(24(14)2)16-4-8-17(22)9-5-16/h4-12H,1-3H3/q+1. The van der Waals surface area contributed by atoms with Gasteiger partial charge in [-0.25, -0.2) is 0 Å². The van der Waals surface area contributed by atoms with E-state index in [0.717, 1.165) is 38.3 Å². The highest BCUT2D eigenvalue weighted by Gasteiger charge is 2.21. The van der Waals surface area contributed by atoms with Crippen LogP contribution >= 0.6 is 15.9 Å². The summed E-state index contributed by atoms with van der Waals surface area (Å²) < 4.78 is 8.34. The fourth-order valence-corrected chi connectivity index (χ4v) is 3.15. The average molecular weight is 394 g/mol. The van der Waals surface area contributed by atoms with Crippen LogP contribution in [0.25, 0.3) is 22.4 Å². The van der Waals surface area contributed by atoms with E-state index in [1.54, 1.807) is 7.11 Å². The molecule has 0 N–H and O–H groups in total. The molecule has 4 heteroatoms. The molecule has 0 bridgehead atoms. The molecular weight excluding hydrogens is 376 g/mol. The Morgan fingerprint density at radius 3 is 2.16 bits per heavy atom. The van der Waals surface area contributed by atoms with Gasteiger partial charge in [0.2, 0.25) is 5.69 Å². The zero-order valence-electron chi connectivity index (χ0n) is 14.4. The maximum Gasteiger partial charge on any atom is 0.213 e. The monoisotopic (exact) mass is 393 g/mol. The maximum absolute atomic E-state index is 9.69. The lowest BCUT2D eigenvalue weighted by Crippen LogP contribution is -2.36. The van der Waals surface area contributed by atoms with E-state index in [9.17, 15) is 5.26 Å². The smallest absolute Gasteiger partial charge is 0.213 e. The summed E-state index contributed by atoms with van der Waals surface area (Å²) in [6.07, 6.45) is 0. The van der Waals surface area contributed by atoms with Crippen molar-refractivity contribution in [3.63, 3.8) is 0 Å². The van der Waals surface area contributed by atoms with Crippen molar-refractivity contribution in [1.82, 2.24) is 0 Å². The van der Waals surface area contributed by atoms with E-state index in [0.29, 0.717) is 5.56 Å². The first kappa shape index (κ1) is 17.2. The number of aromatic nitrogens is 1. The van der Waals surface area contributed by atoms with Crippen LogP contribution in [-0.2, 0) is 7.05 Å². The lowest BCUT2D eigenvalue weighted by molar-refractivity contribution is -0.666. The van der Waals surface area contributed by atoms with Gasteiger partial charge < -0.3 is 4.74 Å². The largest absolute Gasteiger partial charge is 0.497 e. The summed E-state index contributed by atoms with van der Waals surface area (Å²) in [5, 5.41) is 9.69. The summed E-state index contributed by atoms with van der Waals surface area (Å²) in [5.41, 5.74) is 5.73. The van der Waals surface area contributed by atoms with Crippen LogP contribution in [0.3, 0.4) is 0 Å². The molecule has 0 unspecified atom stereocenters. The van der Waals surface area contributed by atoms with Crippen molar-refractivity contribution in [2.45, 2.75) is 6.92 Å². The molecule has 3 rings (SSSR count). The maximum atomic E-state index is 9.69. The van der Waals surface area contributed by atoms with E-state index in [2.05, 4.69) is 44.8 Å². The van der Waals surface area contributed by atoms with Crippen molar-refractivity contribution in [3.8, 4) is 34.2 Å². The molecule has 0 saturated carbocycles. The van der Waals surface area contributed by atoms with Gasteiger partial charge in [0.1, 0.15) is 24.4 Å². The summed E-state index contributed by atoms with van der Waals surface area (Å²) in [5.74, 6) is 0.800. The first-order valence-corrected chi connectivity index (χ1v) is 8.68. The van der Waals surface area contributed by atoms with Crippen molar-refractivity contribution in [2.75, 3.05) is 7.11 Å². The Morgan fingerprint density at radius 1 is 1.00 bits per heavy atom. The third-order valence-electron chi connectivity index (χ3n) is 4.43. The zero-order valence-corrected chi connectivity index (χ0v) is 16.0. The first-order chi connectivity index (χ1) is 12.0. The molecule has 1 aromatic heterocycles. The van der Waals surface area contributed by atoms with Crippen LogP contribution in [0.1, 0.15) is 11.3 Å². The summed E-state index contributed by atoms with van der Waals surface area (Å²) in [7, 11) is 3.64. The summed E-state index contributed by atoms with van der Waals surface area (Å²) in [6, 6.07) is 20.4. The lowest BCUT2D eigenvalue weighted by Gasteiger charge is -2.11. The number of halogens is 1. The van der Waals surface area contributed by atoms with E-state index < -0.39 is 0 Å². The molecule has 124 valence electrons. The lowest BCUT2D eigenvalue weighted by atomic mass is 9.96. The Balaban J connectivity index is 2.23. The second-order valence-corrected chi connectivity index (χ2v) is 6.73. The van der Waals surface area contributed by atoms with E-state index in [4.69, 9.17) is 4.74 Å². The predicted molar refractivity (Wildman–Crippen MR) is 102 cm³/mol. The quantitative estimate of drug-likeness (QED) is 0.599. The van der Waals surface area contributed by atoms with Gasteiger partial charge in [0.25, 0.3) is 0 Å². The molecule has 3 nitrogen and oxygen atoms in total. The van der Waals surface area contributed by atoms with Crippen molar-refractivity contribution in [1.29, 1.82) is 5.26 Å². The third kappa shape index (κ3) is 3.29. The number of methoxy groups -OCH3 is 1. The van der Waals surface area contributed by atoms with Crippen molar-refractivity contribution < 1.29 is 9.30 Å². The normalized spacial score (nSPS) is 10.4. The van der Waals surface area contributed by atoms with Crippen molar-refractivity contribution in [3.05, 3.63) is 70.3 Å².